The molecular formula is C15H21N5O2. The molecule has 7 nitrogen and oxygen atoms in total. The van der Waals surface area contributed by atoms with Gasteiger partial charge in [0.1, 0.15) is 5.82 Å². The SMILES string of the molecule is NC(=O)N1CCC[C@H](C(=O)NCc2ncc3c(n2)CCC3)C1. The van der Waals surface area contributed by atoms with Crippen LogP contribution in [0.15, 0.2) is 6.20 Å². The number of primary amides is 1. The Hall–Kier alpha value is -2.18. The van der Waals surface area contributed by atoms with E-state index >= 15 is 0 Å². The van der Waals surface area contributed by atoms with Crippen molar-refractivity contribution in [3.63, 3.8) is 0 Å². The van der Waals surface area contributed by atoms with Gasteiger partial charge in [0.15, 0.2) is 0 Å². The highest BCUT2D eigenvalue weighted by Gasteiger charge is 2.27. The number of hydrogen-bond acceptors (Lipinski definition) is 4. The van der Waals surface area contributed by atoms with Crippen LogP contribution in [0.4, 0.5) is 4.79 Å². The number of aromatic nitrogens is 2. The largest absolute Gasteiger partial charge is 0.351 e. The van der Waals surface area contributed by atoms with Gasteiger partial charge >= 0.3 is 6.03 Å². The number of rotatable bonds is 3. The van der Waals surface area contributed by atoms with Crippen LogP contribution >= 0.6 is 0 Å². The molecule has 0 radical (unpaired) electrons. The first-order valence-corrected chi connectivity index (χ1v) is 7.79. The maximum absolute atomic E-state index is 12.2. The van der Waals surface area contributed by atoms with E-state index in [1.807, 2.05) is 6.20 Å². The molecule has 7 heteroatoms. The van der Waals surface area contributed by atoms with Crippen LogP contribution in [0.25, 0.3) is 0 Å². The van der Waals surface area contributed by atoms with Crippen LogP contribution in [0.5, 0.6) is 0 Å². The van der Waals surface area contributed by atoms with E-state index in [1.54, 1.807) is 0 Å². The second-order valence-electron chi connectivity index (χ2n) is 5.95. The topological polar surface area (TPSA) is 101 Å². The van der Waals surface area contributed by atoms with Crippen LogP contribution in [0.3, 0.4) is 0 Å². The molecule has 1 aromatic heterocycles. The Kier molecular flexibility index (Phi) is 4.22. The van der Waals surface area contributed by atoms with Crippen molar-refractivity contribution >= 4 is 11.9 Å². The minimum atomic E-state index is -0.459. The van der Waals surface area contributed by atoms with Crippen LogP contribution < -0.4 is 11.1 Å². The molecule has 1 saturated heterocycles. The van der Waals surface area contributed by atoms with Gasteiger partial charge in [-0.2, -0.15) is 0 Å². The van der Waals surface area contributed by atoms with Crippen LogP contribution in [0.2, 0.25) is 0 Å². The van der Waals surface area contributed by atoms with E-state index in [-0.39, 0.29) is 11.8 Å². The van der Waals surface area contributed by atoms with Gasteiger partial charge < -0.3 is 16.0 Å². The molecule has 0 aromatic carbocycles. The van der Waals surface area contributed by atoms with Gasteiger partial charge in [0, 0.05) is 25.0 Å². The minimum absolute atomic E-state index is 0.0601. The van der Waals surface area contributed by atoms with Crippen LogP contribution in [-0.4, -0.2) is 39.9 Å². The molecule has 1 aliphatic heterocycles. The molecule has 3 amide bonds. The van der Waals surface area contributed by atoms with Crippen molar-refractivity contribution in [3.05, 3.63) is 23.3 Å². The normalized spacial score (nSPS) is 20.5. The maximum atomic E-state index is 12.2. The lowest BCUT2D eigenvalue weighted by molar-refractivity contribution is -0.126. The zero-order valence-electron chi connectivity index (χ0n) is 12.5. The standard InChI is InChI=1S/C15H21N5O2/c16-15(22)20-6-2-4-11(9-20)14(21)18-8-13-17-7-10-3-1-5-12(10)19-13/h7,11H,1-6,8-9H2,(H2,16,22)(H,18,21)/t11-/m0/s1. The van der Waals surface area contributed by atoms with Crippen LogP contribution in [0, 0.1) is 5.92 Å². The van der Waals surface area contributed by atoms with Gasteiger partial charge in [0.05, 0.1) is 12.5 Å². The van der Waals surface area contributed by atoms with E-state index in [9.17, 15) is 9.59 Å². The molecule has 0 bridgehead atoms. The molecule has 1 atom stereocenters. The molecule has 0 spiro atoms. The Morgan fingerprint density at radius 2 is 2.23 bits per heavy atom. The fraction of sp³-hybridized carbons (Fsp3) is 0.600. The zero-order valence-corrected chi connectivity index (χ0v) is 12.5. The predicted octanol–water partition coefficient (Wildman–Crippen LogP) is 0.372. The van der Waals surface area contributed by atoms with Crippen molar-refractivity contribution in [3.8, 4) is 0 Å². The Balaban J connectivity index is 1.54. The summed E-state index contributed by atoms with van der Waals surface area (Å²) in [5.41, 5.74) is 7.61. The van der Waals surface area contributed by atoms with Gasteiger partial charge in [-0.05, 0) is 37.7 Å². The highest BCUT2D eigenvalue weighted by molar-refractivity contribution is 5.80. The van der Waals surface area contributed by atoms with Crippen molar-refractivity contribution < 1.29 is 9.59 Å². The lowest BCUT2D eigenvalue weighted by Crippen LogP contribution is -2.47. The van der Waals surface area contributed by atoms with Crippen LogP contribution in [-0.2, 0) is 24.2 Å². The Labute approximate surface area is 129 Å². The highest BCUT2D eigenvalue weighted by Crippen LogP contribution is 2.19. The molecule has 3 rings (SSSR count). The summed E-state index contributed by atoms with van der Waals surface area (Å²) in [6.45, 7) is 1.36. The number of aryl methyl sites for hydroxylation is 2. The van der Waals surface area contributed by atoms with Gasteiger partial charge in [0.2, 0.25) is 5.91 Å². The van der Waals surface area contributed by atoms with E-state index in [2.05, 4.69) is 15.3 Å². The van der Waals surface area contributed by atoms with Gasteiger partial charge in [-0.25, -0.2) is 14.8 Å². The van der Waals surface area contributed by atoms with Gasteiger partial charge in [-0.1, -0.05) is 0 Å². The fourth-order valence-electron chi connectivity index (χ4n) is 3.14. The van der Waals surface area contributed by atoms with Crippen LogP contribution in [0.1, 0.15) is 36.3 Å². The number of nitrogens with two attached hydrogens (primary N) is 1. The lowest BCUT2D eigenvalue weighted by atomic mass is 9.97. The van der Waals surface area contributed by atoms with E-state index in [1.165, 1.54) is 10.5 Å². The summed E-state index contributed by atoms with van der Waals surface area (Å²) in [6.07, 6.45) is 6.62. The number of fused-ring (bicyclic) bond motifs is 1. The van der Waals surface area contributed by atoms with Crippen molar-refractivity contribution in [2.75, 3.05) is 13.1 Å². The predicted molar refractivity (Wildman–Crippen MR) is 79.8 cm³/mol. The Morgan fingerprint density at radius 3 is 3.05 bits per heavy atom. The number of carbonyl (C=O) groups is 2. The Bertz CT molecular complexity index is 589. The fourth-order valence-corrected chi connectivity index (χ4v) is 3.14. The summed E-state index contributed by atoms with van der Waals surface area (Å²) in [5.74, 6) is 0.391. The first kappa shape index (κ1) is 14.7. The number of amides is 3. The number of piperidine rings is 1. The summed E-state index contributed by atoms with van der Waals surface area (Å²) in [7, 11) is 0. The van der Waals surface area contributed by atoms with Crippen molar-refractivity contribution in [1.82, 2.24) is 20.2 Å². The molecule has 0 saturated carbocycles. The van der Waals surface area contributed by atoms with E-state index in [4.69, 9.17) is 5.73 Å². The van der Waals surface area contributed by atoms with Gasteiger partial charge in [-0.15, -0.1) is 0 Å². The quantitative estimate of drug-likeness (QED) is 0.842. The number of nitrogens with zero attached hydrogens (tertiary/aromatic N) is 3. The highest BCUT2D eigenvalue weighted by atomic mass is 16.2. The summed E-state index contributed by atoms with van der Waals surface area (Å²) < 4.78 is 0. The molecule has 1 fully saturated rings. The summed E-state index contributed by atoms with van der Waals surface area (Å²) >= 11 is 0. The lowest BCUT2D eigenvalue weighted by Gasteiger charge is -2.30. The summed E-state index contributed by atoms with van der Waals surface area (Å²) in [5, 5.41) is 2.88. The second kappa shape index (κ2) is 6.29. The number of hydrogen-bond donors (Lipinski definition) is 2. The smallest absolute Gasteiger partial charge is 0.314 e. The third-order valence-corrected chi connectivity index (χ3v) is 4.39. The number of likely N-dealkylation sites (tertiary alicyclic amines) is 1. The van der Waals surface area contributed by atoms with E-state index in [0.717, 1.165) is 37.8 Å². The molecular weight excluding hydrogens is 282 g/mol. The van der Waals surface area contributed by atoms with Crippen molar-refractivity contribution in [2.24, 2.45) is 11.7 Å². The minimum Gasteiger partial charge on any atom is -0.351 e. The van der Waals surface area contributed by atoms with E-state index in [0.29, 0.717) is 25.5 Å². The van der Waals surface area contributed by atoms with Crippen molar-refractivity contribution in [2.45, 2.75) is 38.6 Å². The number of carbonyl (C=O) groups excluding carboxylic acids is 2. The first-order chi connectivity index (χ1) is 10.6. The molecule has 118 valence electrons. The molecule has 1 aromatic rings. The third kappa shape index (κ3) is 3.18. The molecule has 1 aliphatic carbocycles. The average Bonchev–Trinajstić information content (AvgIpc) is 3.00. The molecule has 2 heterocycles. The molecule has 0 unspecified atom stereocenters. The van der Waals surface area contributed by atoms with Gasteiger partial charge in [-0.3, -0.25) is 4.79 Å². The second-order valence-corrected chi connectivity index (χ2v) is 5.95. The third-order valence-electron chi connectivity index (χ3n) is 4.39. The first-order valence-electron chi connectivity index (χ1n) is 7.79. The zero-order chi connectivity index (χ0) is 15.5. The number of urea groups is 1. The average molecular weight is 303 g/mol. The summed E-state index contributed by atoms with van der Waals surface area (Å²) in [6, 6.07) is -0.459. The Morgan fingerprint density at radius 1 is 1.36 bits per heavy atom. The molecule has 2 aliphatic rings. The number of nitrogens with one attached hydrogen (secondary N) is 1. The van der Waals surface area contributed by atoms with E-state index < -0.39 is 6.03 Å². The summed E-state index contributed by atoms with van der Waals surface area (Å²) in [4.78, 5) is 33.8. The maximum Gasteiger partial charge on any atom is 0.314 e. The monoisotopic (exact) mass is 303 g/mol. The van der Waals surface area contributed by atoms with Gasteiger partial charge in [0.25, 0.3) is 0 Å². The molecule has 3 N–H and O–H groups in total. The van der Waals surface area contributed by atoms with Crippen molar-refractivity contribution in [1.29, 1.82) is 0 Å². The molecule has 22 heavy (non-hydrogen) atoms.